The fourth-order valence-electron chi connectivity index (χ4n) is 4.30. The topological polar surface area (TPSA) is 124 Å². The van der Waals surface area contributed by atoms with E-state index in [1.54, 1.807) is 48.2 Å². The fourth-order valence-corrected chi connectivity index (χ4v) is 4.30. The molecule has 1 aromatic carbocycles. The van der Waals surface area contributed by atoms with Crippen LogP contribution in [0.2, 0.25) is 0 Å². The van der Waals surface area contributed by atoms with Crippen molar-refractivity contribution in [1.82, 2.24) is 29.7 Å². The lowest BCUT2D eigenvalue weighted by Gasteiger charge is -2.41. The van der Waals surface area contributed by atoms with E-state index in [9.17, 15) is 9.59 Å². The monoisotopic (exact) mass is 507 g/mol. The number of anilines is 1. The van der Waals surface area contributed by atoms with Gasteiger partial charge in [-0.3, -0.25) is 9.36 Å². The minimum Gasteiger partial charge on any atom is -0.454 e. The lowest BCUT2D eigenvalue weighted by Crippen LogP contribution is -2.57. The molecule has 194 valence electrons. The molecule has 2 aromatic heterocycles. The number of aromatic nitrogens is 4. The van der Waals surface area contributed by atoms with Gasteiger partial charge in [-0.25, -0.2) is 14.8 Å². The zero-order chi connectivity index (χ0) is 25.8. The molecule has 1 N–H and O–H groups in total. The zero-order valence-electron chi connectivity index (χ0n) is 20.7. The van der Waals surface area contributed by atoms with Gasteiger partial charge < -0.3 is 29.3 Å². The van der Waals surface area contributed by atoms with E-state index in [4.69, 9.17) is 14.2 Å². The second-order valence-corrected chi connectivity index (χ2v) is 9.08. The van der Waals surface area contributed by atoms with Crippen molar-refractivity contribution in [2.45, 2.75) is 39.0 Å². The lowest BCUT2D eigenvalue weighted by atomic mass is 10.1. The van der Waals surface area contributed by atoms with Crippen LogP contribution in [0.5, 0.6) is 11.5 Å². The van der Waals surface area contributed by atoms with Gasteiger partial charge in [0.05, 0.1) is 12.1 Å². The molecule has 12 heteroatoms. The van der Waals surface area contributed by atoms with Crippen molar-refractivity contribution < 1.29 is 23.8 Å². The molecule has 1 fully saturated rings. The van der Waals surface area contributed by atoms with Gasteiger partial charge in [-0.15, -0.1) is 0 Å². The van der Waals surface area contributed by atoms with E-state index in [2.05, 4.69) is 25.2 Å². The van der Waals surface area contributed by atoms with Gasteiger partial charge >= 0.3 is 6.09 Å². The van der Waals surface area contributed by atoms with Crippen LogP contribution in [0.25, 0.3) is 5.95 Å². The van der Waals surface area contributed by atoms with E-state index < -0.39 is 12.1 Å². The van der Waals surface area contributed by atoms with E-state index in [1.165, 1.54) is 0 Å². The van der Waals surface area contributed by atoms with Crippen molar-refractivity contribution in [2.75, 3.05) is 31.3 Å². The van der Waals surface area contributed by atoms with Crippen LogP contribution in [0, 0.1) is 0 Å². The van der Waals surface area contributed by atoms with Gasteiger partial charge in [-0.2, -0.15) is 4.98 Å². The summed E-state index contributed by atoms with van der Waals surface area (Å²) in [6, 6.07) is 6.98. The molecule has 2 aliphatic rings. The predicted octanol–water partition coefficient (Wildman–Crippen LogP) is 2.13. The highest BCUT2D eigenvalue weighted by atomic mass is 16.7. The molecule has 0 aliphatic carbocycles. The molecular weight excluding hydrogens is 478 g/mol. The van der Waals surface area contributed by atoms with Crippen molar-refractivity contribution in [1.29, 1.82) is 0 Å². The van der Waals surface area contributed by atoms with Crippen LogP contribution in [-0.4, -0.2) is 75.0 Å². The van der Waals surface area contributed by atoms with E-state index in [0.717, 1.165) is 5.56 Å². The number of imidazole rings is 1. The highest BCUT2D eigenvalue weighted by Crippen LogP contribution is 2.32. The SMILES string of the molecule is CC(C)OC(=O)N1CCN(c2ccnc(-n3ccnc3)n2)CC1CC(=O)NCc1ccc2c(c1)OCO2. The Labute approximate surface area is 214 Å². The number of benzene rings is 1. The van der Waals surface area contributed by atoms with Crippen molar-refractivity contribution in [3.05, 3.63) is 54.7 Å². The maximum absolute atomic E-state index is 13.0. The maximum Gasteiger partial charge on any atom is 0.410 e. The first kappa shape index (κ1) is 24.3. The van der Waals surface area contributed by atoms with Gasteiger partial charge in [0.2, 0.25) is 18.6 Å². The number of hydrogen-bond acceptors (Lipinski definition) is 9. The summed E-state index contributed by atoms with van der Waals surface area (Å²) in [5, 5.41) is 2.95. The summed E-state index contributed by atoms with van der Waals surface area (Å²) in [7, 11) is 0. The van der Waals surface area contributed by atoms with Gasteiger partial charge in [0.25, 0.3) is 0 Å². The molecule has 0 bridgehead atoms. The fraction of sp³-hybridized carbons (Fsp3) is 0.400. The molecule has 4 heterocycles. The molecular formula is C25H29N7O5. The number of fused-ring (bicyclic) bond motifs is 1. The molecule has 0 spiro atoms. The molecule has 5 rings (SSSR count). The highest BCUT2D eigenvalue weighted by Gasteiger charge is 2.34. The largest absolute Gasteiger partial charge is 0.454 e. The smallest absolute Gasteiger partial charge is 0.410 e. The minimum absolute atomic E-state index is 0.119. The summed E-state index contributed by atoms with van der Waals surface area (Å²) in [5.41, 5.74) is 0.895. The second-order valence-electron chi connectivity index (χ2n) is 9.08. The average molecular weight is 508 g/mol. The van der Waals surface area contributed by atoms with Crippen LogP contribution in [0.4, 0.5) is 10.6 Å². The van der Waals surface area contributed by atoms with Crippen LogP contribution >= 0.6 is 0 Å². The summed E-state index contributed by atoms with van der Waals surface area (Å²) in [6.07, 6.45) is 6.18. The minimum atomic E-state index is -0.426. The number of hydrogen-bond donors (Lipinski definition) is 1. The van der Waals surface area contributed by atoms with Gasteiger partial charge in [0, 0.05) is 51.2 Å². The molecule has 3 aromatic rings. The van der Waals surface area contributed by atoms with Crippen LogP contribution in [0.1, 0.15) is 25.8 Å². The molecule has 1 atom stereocenters. The normalized spacial score (nSPS) is 16.7. The quantitative estimate of drug-likeness (QED) is 0.512. The average Bonchev–Trinajstić information content (AvgIpc) is 3.59. The summed E-state index contributed by atoms with van der Waals surface area (Å²) in [4.78, 5) is 42.5. The Morgan fingerprint density at radius 1 is 1.16 bits per heavy atom. The summed E-state index contributed by atoms with van der Waals surface area (Å²) < 4.78 is 17.9. The number of ether oxygens (including phenoxy) is 3. The number of rotatable bonds is 7. The standard InChI is InChI=1S/C25H29N7O5/c1-17(2)37-25(34)32-10-9-30(22-5-6-27-24(29-22)31-8-7-26-15-31)14-19(32)12-23(33)28-13-18-3-4-20-21(11-18)36-16-35-20/h3-8,11,15,17,19H,9-10,12-14,16H2,1-2H3,(H,28,33). The third kappa shape index (κ3) is 5.74. The number of nitrogens with one attached hydrogen (secondary N) is 1. The molecule has 0 saturated carbocycles. The Hall–Kier alpha value is -4.35. The number of piperazine rings is 1. The number of carbonyl (C=O) groups excluding carboxylic acids is 2. The third-order valence-corrected chi connectivity index (χ3v) is 6.09. The van der Waals surface area contributed by atoms with Crippen molar-refractivity contribution in [3.63, 3.8) is 0 Å². The Kier molecular flexibility index (Phi) is 7.06. The second kappa shape index (κ2) is 10.7. The first-order chi connectivity index (χ1) is 18.0. The highest BCUT2D eigenvalue weighted by molar-refractivity contribution is 5.78. The van der Waals surface area contributed by atoms with Crippen molar-refractivity contribution >= 4 is 17.8 Å². The Bertz CT molecular complexity index is 1250. The number of nitrogens with zero attached hydrogens (tertiary/aromatic N) is 6. The molecule has 2 aliphatic heterocycles. The summed E-state index contributed by atoms with van der Waals surface area (Å²) >= 11 is 0. The summed E-state index contributed by atoms with van der Waals surface area (Å²) in [5.74, 6) is 2.39. The summed E-state index contributed by atoms with van der Waals surface area (Å²) in [6.45, 7) is 5.51. The number of amides is 2. The molecule has 37 heavy (non-hydrogen) atoms. The van der Waals surface area contributed by atoms with Crippen LogP contribution in [-0.2, 0) is 16.1 Å². The maximum atomic E-state index is 13.0. The molecule has 0 radical (unpaired) electrons. The van der Waals surface area contributed by atoms with Crippen LogP contribution in [0.15, 0.2) is 49.2 Å². The van der Waals surface area contributed by atoms with Gasteiger partial charge in [-0.1, -0.05) is 6.07 Å². The van der Waals surface area contributed by atoms with E-state index in [1.807, 2.05) is 24.3 Å². The van der Waals surface area contributed by atoms with Crippen LogP contribution < -0.4 is 19.7 Å². The Morgan fingerprint density at radius 2 is 2.03 bits per heavy atom. The number of carbonyl (C=O) groups is 2. The van der Waals surface area contributed by atoms with E-state index in [-0.39, 0.29) is 25.2 Å². The molecule has 1 saturated heterocycles. The first-order valence-corrected chi connectivity index (χ1v) is 12.1. The third-order valence-electron chi connectivity index (χ3n) is 6.09. The molecule has 12 nitrogen and oxygen atoms in total. The Balaban J connectivity index is 1.27. The molecule has 1 unspecified atom stereocenters. The predicted molar refractivity (Wildman–Crippen MR) is 133 cm³/mol. The Morgan fingerprint density at radius 3 is 2.84 bits per heavy atom. The van der Waals surface area contributed by atoms with Gasteiger partial charge in [-0.05, 0) is 37.6 Å². The van der Waals surface area contributed by atoms with E-state index >= 15 is 0 Å². The van der Waals surface area contributed by atoms with Crippen molar-refractivity contribution in [2.24, 2.45) is 0 Å². The van der Waals surface area contributed by atoms with Crippen LogP contribution in [0.3, 0.4) is 0 Å². The zero-order valence-corrected chi connectivity index (χ0v) is 20.7. The van der Waals surface area contributed by atoms with Gasteiger partial charge in [0.1, 0.15) is 12.1 Å². The first-order valence-electron chi connectivity index (χ1n) is 12.1. The van der Waals surface area contributed by atoms with Gasteiger partial charge in [0.15, 0.2) is 11.5 Å². The van der Waals surface area contributed by atoms with E-state index in [0.29, 0.717) is 49.4 Å². The lowest BCUT2D eigenvalue weighted by molar-refractivity contribution is -0.122. The molecule has 2 amide bonds. The van der Waals surface area contributed by atoms with Crippen molar-refractivity contribution in [3.8, 4) is 17.4 Å².